The Labute approximate surface area is 124 Å². The number of halogens is 1. The van der Waals surface area contributed by atoms with E-state index < -0.39 is 5.82 Å². The quantitative estimate of drug-likeness (QED) is 0.840. The van der Waals surface area contributed by atoms with Gasteiger partial charge in [-0.05, 0) is 25.0 Å². The molecule has 0 radical (unpaired) electrons. The molecule has 21 heavy (non-hydrogen) atoms. The second kappa shape index (κ2) is 7.57. The van der Waals surface area contributed by atoms with Crippen LogP contribution in [-0.2, 0) is 0 Å². The van der Waals surface area contributed by atoms with Crippen LogP contribution in [0.1, 0.15) is 26.7 Å². The van der Waals surface area contributed by atoms with E-state index in [1.165, 1.54) is 6.20 Å². The fraction of sp³-hybridized carbons (Fsp3) is 0.375. The Balaban J connectivity index is 2.36. The third kappa shape index (κ3) is 3.90. The van der Waals surface area contributed by atoms with Gasteiger partial charge in [0.05, 0.1) is 12.8 Å². The van der Waals surface area contributed by atoms with Gasteiger partial charge in [-0.2, -0.15) is 0 Å². The molecule has 0 atom stereocenters. The Morgan fingerprint density at radius 3 is 2.76 bits per heavy atom. The van der Waals surface area contributed by atoms with Crippen molar-refractivity contribution in [2.24, 2.45) is 0 Å². The van der Waals surface area contributed by atoms with Gasteiger partial charge in [-0.25, -0.2) is 14.4 Å². The first-order valence-corrected chi connectivity index (χ1v) is 7.24. The SMILES string of the molecule is CCCNc1ncc(F)c(-c2ccccc2OCCC)n1. The van der Waals surface area contributed by atoms with Crippen LogP contribution in [0.3, 0.4) is 0 Å². The maximum absolute atomic E-state index is 14.1. The molecule has 2 aromatic rings. The minimum Gasteiger partial charge on any atom is -0.493 e. The van der Waals surface area contributed by atoms with E-state index in [0.717, 1.165) is 19.4 Å². The lowest BCUT2D eigenvalue weighted by atomic mass is 10.1. The van der Waals surface area contributed by atoms with E-state index in [1.54, 1.807) is 6.07 Å². The molecule has 112 valence electrons. The van der Waals surface area contributed by atoms with Gasteiger partial charge in [0.15, 0.2) is 5.82 Å². The van der Waals surface area contributed by atoms with Crippen molar-refractivity contribution in [3.63, 3.8) is 0 Å². The lowest BCUT2D eigenvalue weighted by Crippen LogP contribution is -2.06. The van der Waals surface area contributed by atoms with Gasteiger partial charge in [0.2, 0.25) is 5.95 Å². The van der Waals surface area contributed by atoms with Gasteiger partial charge in [0, 0.05) is 12.1 Å². The largest absolute Gasteiger partial charge is 0.493 e. The van der Waals surface area contributed by atoms with Crippen molar-refractivity contribution < 1.29 is 9.13 Å². The van der Waals surface area contributed by atoms with E-state index in [-0.39, 0.29) is 5.69 Å². The molecule has 0 aliphatic heterocycles. The summed E-state index contributed by atoms with van der Waals surface area (Å²) in [6, 6.07) is 7.34. The molecule has 0 bridgehead atoms. The molecule has 5 heteroatoms. The molecular formula is C16H20FN3O. The zero-order valence-corrected chi connectivity index (χ0v) is 12.4. The minimum atomic E-state index is -0.454. The summed E-state index contributed by atoms with van der Waals surface area (Å²) < 4.78 is 19.7. The van der Waals surface area contributed by atoms with Crippen LogP contribution in [0.25, 0.3) is 11.3 Å². The Kier molecular flexibility index (Phi) is 5.49. The zero-order chi connectivity index (χ0) is 15.1. The van der Waals surface area contributed by atoms with Gasteiger partial charge >= 0.3 is 0 Å². The Bertz CT molecular complexity index is 589. The van der Waals surface area contributed by atoms with Crippen molar-refractivity contribution in [2.45, 2.75) is 26.7 Å². The number of rotatable bonds is 7. The van der Waals surface area contributed by atoms with E-state index in [4.69, 9.17) is 4.74 Å². The summed E-state index contributed by atoms with van der Waals surface area (Å²) in [5.41, 5.74) is 0.903. The van der Waals surface area contributed by atoms with Crippen LogP contribution in [0, 0.1) is 5.82 Å². The molecule has 0 unspecified atom stereocenters. The molecule has 1 N–H and O–H groups in total. The first-order chi connectivity index (χ1) is 10.3. The van der Waals surface area contributed by atoms with Gasteiger partial charge < -0.3 is 10.1 Å². The van der Waals surface area contributed by atoms with Crippen molar-refractivity contribution in [1.82, 2.24) is 9.97 Å². The summed E-state index contributed by atoms with van der Waals surface area (Å²) in [7, 11) is 0. The average Bonchev–Trinajstić information content (AvgIpc) is 2.52. The second-order valence-electron chi connectivity index (χ2n) is 4.66. The van der Waals surface area contributed by atoms with Crippen molar-refractivity contribution in [3.05, 3.63) is 36.3 Å². The van der Waals surface area contributed by atoms with Crippen molar-refractivity contribution in [1.29, 1.82) is 0 Å². The van der Waals surface area contributed by atoms with Crippen LogP contribution in [-0.4, -0.2) is 23.1 Å². The standard InChI is InChI=1S/C16H20FN3O/c1-3-9-18-16-19-11-13(17)15(20-16)12-7-5-6-8-14(12)21-10-4-2/h5-8,11H,3-4,9-10H2,1-2H3,(H,18,19,20). The summed E-state index contributed by atoms with van der Waals surface area (Å²) in [5.74, 6) is 0.613. The predicted octanol–water partition coefficient (Wildman–Crippen LogP) is 3.89. The number of hydrogen-bond donors (Lipinski definition) is 1. The number of nitrogens with one attached hydrogen (secondary N) is 1. The number of benzene rings is 1. The first-order valence-electron chi connectivity index (χ1n) is 7.24. The van der Waals surface area contributed by atoms with Crippen molar-refractivity contribution in [3.8, 4) is 17.0 Å². The van der Waals surface area contributed by atoms with Crippen LogP contribution in [0.4, 0.5) is 10.3 Å². The molecule has 0 aliphatic carbocycles. The van der Waals surface area contributed by atoms with Gasteiger partial charge in [-0.3, -0.25) is 0 Å². The molecule has 0 saturated carbocycles. The highest BCUT2D eigenvalue weighted by atomic mass is 19.1. The molecule has 1 aromatic carbocycles. The highest BCUT2D eigenvalue weighted by Gasteiger charge is 2.13. The van der Waals surface area contributed by atoms with Crippen LogP contribution in [0.5, 0.6) is 5.75 Å². The number of hydrogen-bond acceptors (Lipinski definition) is 4. The van der Waals surface area contributed by atoms with Gasteiger partial charge in [0.1, 0.15) is 11.4 Å². The van der Waals surface area contributed by atoms with Gasteiger partial charge in [-0.15, -0.1) is 0 Å². The fourth-order valence-electron chi connectivity index (χ4n) is 1.88. The minimum absolute atomic E-state index is 0.260. The molecule has 0 fully saturated rings. The average molecular weight is 289 g/mol. The maximum atomic E-state index is 14.1. The van der Waals surface area contributed by atoms with Crippen molar-refractivity contribution in [2.75, 3.05) is 18.5 Å². The van der Waals surface area contributed by atoms with Crippen molar-refractivity contribution >= 4 is 5.95 Å². The van der Waals surface area contributed by atoms with E-state index in [0.29, 0.717) is 23.9 Å². The predicted molar refractivity (Wildman–Crippen MR) is 82.0 cm³/mol. The molecule has 0 spiro atoms. The Morgan fingerprint density at radius 2 is 2.00 bits per heavy atom. The highest BCUT2D eigenvalue weighted by molar-refractivity contribution is 5.68. The molecule has 1 aromatic heterocycles. The number of ether oxygens (including phenoxy) is 1. The maximum Gasteiger partial charge on any atom is 0.223 e. The lowest BCUT2D eigenvalue weighted by molar-refractivity contribution is 0.318. The topological polar surface area (TPSA) is 47.0 Å². The smallest absolute Gasteiger partial charge is 0.223 e. The Morgan fingerprint density at radius 1 is 1.19 bits per heavy atom. The summed E-state index contributed by atoms with van der Waals surface area (Å²) in [4.78, 5) is 8.23. The van der Waals surface area contributed by atoms with Gasteiger partial charge in [-0.1, -0.05) is 26.0 Å². The van der Waals surface area contributed by atoms with E-state index >= 15 is 0 Å². The number of aromatic nitrogens is 2. The second-order valence-corrected chi connectivity index (χ2v) is 4.66. The van der Waals surface area contributed by atoms with E-state index in [2.05, 4.69) is 15.3 Å². The molecule has 2 rings (SSSR count). The monoisotopic (exact) mass is 289 g/mol. The number of anilines is 1. The molecule has 0 aliphatic rings. The van der Waals surface area contributed by atoms with E-state index in [1.807, 2.05) is 32.0 Å². The molecule has 1 heterocycles. The van der Waals surface area contributed by atoms with E-state index in [9.17, 15) is 4.39 Å². The van der Waals surface area contributed by atoms with Crippen LogP contribution in [0.15, 0.2) is 30.5 Å². The molecular weight excluding hydrogens is 269 g/mol. The molecule has 0 saturated heterocycles. The summed E-state index contributed by atoms with van der Waals surface area (Å²) >= 11 is 0. The Hall–Kier alpha value is -2.17. The van der Waals surface area contributed by atoms with Crippen LogP contribution in [0.2, 0.25) is 0 Å². The third-order valence-corrected chi connectivity index (χ3v) is 2.88. The normalized spacial score (nSPS) is 10.4. The summed E-state index contributed by atoms with van der Waals surface area (Å²) in [6.45, 7) is 5.41. The molecule has 0 amide bonds. The number of nitrogens with zero attached hydrogens (tertiary/aromatic N) is 2. The summed E-state index contributed by atoms with van der Waals surface area (Å²) in [5, 5.41) is 3.06. The third-order valence-electron chi connectivity index (χ3n) is 2.88. The zero-order valence-electron chi connectivity index (χ0n) is 12.4. The number of para-hydroxylation sites is 1. The fourth-order valence-corrected chi connectivity index (χ4v) is 1.88. The van der Waals surface area contributed by atoms with Gasteiger partial charge in [0.25, 0.3) is 0 Å². The van der Waals surface area contributed by atoms with Crippen LogP contribution >= 0.6 is 0 Å². The van der Waals surface area contributed by atoms with Crippen LogP contribution < -0.4 is 10.1 Å². The first kappa shape index (κ1) is 15.2. The summed E-state index contributed by atoms with van der Waals surface area (Å²) in [6.07, 6.45) is 3.03. The lowest BCUT2D eigenvalue weighted by Gasteiger charge is -2.12. The molecule has 4 nitrogen and oxygen atoms in total. The highest BCUT2D eigenvalue weighted by Crippen LogP contribution is 2.30.